The van der Waals surface area contributed by atoms with Crippen LogP contribution in [0.2, 0.25) is 0 Å². The first-order valence-electron chi connectivity index (χ1n) is 9.65. The molecule has 1 unspecified atom stereocenters. The van der Waals surface area contributed by atoms with Gasteiger partial charge in [0.25, 0.3) is 5.91 Å². The molecule has 0 N–H and O–H groups in total. The van der Waals surface area contributed by atoms with Crippen LogP contribution >= 0.6 is 24.0 Å². The highest BCUT2D eigenvalue weighted by Gasteiger charge is 2.28. The van der Waals surface area contributed by atoms with Gasteiger partial charge in [-0.1, -0.05) is 62.1 Å². The summed E-state index contributed by atoms with van der Waals surface area (Å²) in [4.78, 5) is 14.2. The lowest BCUT2D eigenvalue weighted by Crippen LogP contribution is -2.22. The van der Waals surface area contributed by atoms with E-state index in [0.29, 0.717) is 28.4 Å². The first kappa shape index (κ1) is 21.4. The van der Waals surface area contributed by atoms with Gasteiger partial charge in [0.1, 0.15) is 29.0 Å². The minimum Gasteiger partial charge on any atom is -0.490 e. The van der Waals surface area contributed by atoms with Gasteiger partial charge in [0.05, 0.1) is 4.91 Å². The van der Waals surface area contributed by atoms with Gasteiger partial charge < -0.3 is 9.47 Å². The van der Waals surface area contributed by atoms with E-state index in [1.54, 1.807) is 7.05 Å². The predicted octanol–water partition coefficient (Wildman–Crippen LogP) is 5.49. The molecule has 1 aliphatic rings. The number of amides is 1. The zero-order valence-corrected chi connectivity index (χ0v) is 18.5. The van der Waals surface area contributed by atoms with Crippen LogP contribution in [0.1, 0.15) is 37.3 Å². The first-order chi connectivity index (χ1) is 14.0. The molecule has 0 radical (unpaired) electrons. The zero-order chi connectivity index (χ0) is 20.8. The fraction of sp³-hybridized carbons (Fsp3) is 0.304. The Morgan fingerprint density at radius 3 is 2.07 bits per heavy atom. The van der Waals surface area contributed by atoms with Crippen molar-refractivity contribution in [3.8, 4) is 11.5 Å². The van der Waals surface area contributed by atoms with Gasteiger partial charge in [0.2, 0.25) is 0 Å². The standard InChI is InChI=1S/C23H25NO3S2/c1-4-16(2)18-7-11-20(12-8-18)27-14-13-26-19-9-5-17(6-10-19)15-21-22(25)24(3)23(28)29-21/h5-12,15-16H,4,13-14H2,1-3H3/b21-15-. The lowest BCUT2D eigenvalue weighted by atomic mass is 9.99. The molecular weight excluding hydrogens is 402 g/mol. The van der Waals surface area contributed by atoms with Crippen LogP contribution in [0.25, 0.3) is 6.08 Å². The number of hydrogen-bond donors (Lipinski definition) is 0. The number of thioether (sulfide) groups is 1. The second-order valence-corrected chi connectivity index (χ2v) is 8.56. The topological polar surface area (TPSA) is 38.8 Å². The van der Waals surface area contributed by atoms with E-state index in [0.717, 1.165) is 23.5 Å². The van der Waals surface area contributed by atoms with Gasteiger partial charge in [0.15, 0.2) is 0 Å². The van der Waals surface area contributed by atoms with Crippen molar-refractivity contribution in [2.24, 2.45) is 0 Å². The summed E-state index contributed by atoms with van der Waals surface area (Å²) in [6, 6.07) is 15.9. The quantitative estimate of drug-likeness (QED) is 0.316. The number of ether oxygens (including phenoxy) is 2. The van der Waals surface area contributed by atoms with E-state index < -0.39 is 0 Å². The predicted molar refractivity (Wildman–Crippen MR) is 124 cm³/mol. The Kier molecular flexibility index (Phi) is 7.34. The molecule has 3 rings (SSSR count). The second kappa shape index (κ2) is 9.94. The molecule has 1 fully saturated rings. The van der Waals surface area contributed by atoms with Crippen molar-refractivity contribution >= 4 is 40.3 Å². The van der Waals surface area contributed by atoms with Crippen LogP contribution in [0.15, 0.2) is 53.4 Å². The van der Waals surface area contributed by atoms with E-state index in [2.05, 4.69) is 26.0 Å². The fourth-order valence-corrected chi connectivity index (χ4v) is 3.98. The summed E-state index contributed by atoms with van der Waals surface area (Å²) in [5.41, 5.74) is 2.27. The minimum absolute atomic E-state index is 0.0605. The average Bonchev–Trinajstić information content (AvgIpc) is 2.98. The Hall–Kier alpha value is -2.31. The molecule has 1 saturated heterocycles. The molecule has 0 spiro atoms. The third-order valence-corrected chi connectivity index (χ3v) is 6.33. The Labute approximate surface area is 181 Å². The molecule has 4 nitrogen and oxygen atoms in total. The minimum atomic E-state index is -0.0605. The highest BCUT2D eigenvalue weighted by Crippen LogP contribution is 2.31. The Bertz CT molecular complexity index is 891. The van der Waals surface area contributed by atoms with E-state index >= 15 is 0 Å². The highest BCUT2D eigenvalue weighted by atomic mass is 32.2. The number of thiocarbonyl (C=S) groups is 1. The number of carbonyl (C=O) groups excluding carboxylic acids is 1. The molecular formula is C23H25NO3S2. The number of rotatable bonds is 8. The third-order valence-electron chi connectivity index (χ3n) is 4.85. The molecule has 1 heterocycles. The van der Waals surface area contributed by atoms with Crippen LogP contribution in [0.3, 0.4) is 0 Å². The monoisotopic (exact) mass is 427 g/mol. The molecule has 6 heteroatoms. The van der Waals surface area contributed by atoms with Gasteiger partial charge in [-0.15, -0.1) is 0 Å². The van der Waals surface area contributed by atoms with Crippen LogP contribution in [-0.4, -0.2) is 35.4 Å². The summed E-state index contributed by atoms with van der Waals surface area (Å²) < 4.78 is 12.1. The normalized spacial score (nSPS) is 16.4. The summed E-state index contributed by atoms with van der Waals surface area (Å²) in [5.74, 6) is 2.12. The van der Waals surface area contributed by atoms with Crippen molar-refractivity contribution in [2.45, 2.75) is 26.2 Å². The van der Waals surface area contributed by atoms with E-state index in [4.69, 9.17) is 21.7 Å². The van der Waals surface area contributed by atoms with Crippen LogP contribution in [-0.2, 0) is 4.79 Å². The lowest BCUT2D eigenvalue weighted by Gasteiger charge is -2.11. The molecule has 2 aromatic carbocycles. The molecule has 152 valence electrons. The smallest absolute Gasteiger partial charge is 0.265 e. The highest BCUT2D eigenvalue weighted by molar-refractivity contribution is 8.26. The molecule has 0 saturated carbocycles. The van der Waals surface area contributed by atoms with Gasteiger partial charge in [-0.25, -0.2) is 0 Å². The number of nitrogens with zero attached hydrogens (tertiary/aromatic N) is 1. The summed E-state index contributed by atoms with van der Waals surface area (Å²) >= 11 is 6.47. The van der Waals surface area contributed by atoms with Crippen LogP contribution in [0.4, 0.5) is 0 Å². The molecule has 1 atom stereocenters. The van der Waals surface area contributed by atoms with Gasteiger partial charge >= 0.3 is 0 Å². The van der Waals surface area contributed by atoms with Crippen molar-refractivity contribution in [1.82, 2.24) is 4.90 Å². The molecule has 1 aliphatic heterocycles. The van der Waals surface area contributed by atoms with Crippen molar-refractivity contribution in [3.05, 3.63) is 64.6 Å². The summed E-state index contributed by atoms with van der Waals surface area (Å²) in [6.07, 6.45) is 2.97. The molecule has 1 amide bonds. The number of benzene rings is 2. The van der Waals surface area contributed by atoms with E-state index in [-0.39, 0.29) is 5.91 Å². The van der Waals surface area contributed by atoms with Crippen molar-refractivity contribution < 1.29 is 14.3 Å². The van der Waals surface area contributed by atoms with E-state index in [9.17, 15) is 4.79 Å². The first-order valence-corrected chi connectivity index (χ1v) is 10.9. The average molecular weight is 428 g/mol. The van der Waals surface area contributed by atoms with Gasteiger partial charge in [0, 0.05) is 7.05 Å². The maximum Gasteiger partial charge on any atom is 0.265 e. The SMILES string of the molecule is CCC(C)c1ccc(OCCOc2ccc(/C=C3\SC(=S)N(C)C3=O)cc2)cc1. The van der Waals surface area contributed by atoms with Gasteiger partial charge in [-0.3, -0.25) is 9.69 Å². The van der Waals surface area contributed by atoms with Crippen LogP contribution < -0.4 is 9.47 Å². The summed E-state index contributed by atoms with van der Waals surface area (Å²) in [6.45, 7) is 5.35. The molecule has 0 aliphatic carbocycles. The molecule has 29 heavy (non-hydrogen) atoms. The van der Waals surface area contributed by atoms with Gasteiger partial charge in [-0.05, 0) is 53.8 Å². The maximum absolute atomic E-state index is 12.1. The second-order valence-electron chi connectivity index (χ2n) is 6.89. The van der Waals surface area contributed by atoms with Crippen LogP contribution in [0.5, 0.6) is 11.5 Å². The zero-order valence-electron chi connectivity index (χ0n) is 16.9. The van der Waals surface area contributed by atoms with Crippen molar-refractivity contribution in [1.29, 1.82) is 0 Å². The fourth-order valence-electron chi connectivity index (χ4n) is 2.80. The largest absolute Gasteiger partial charge is 0.490 e. The summed E-state index contributed by atoms with van der Waals surface area (Å²) in [7, 11) is 1.69. The van der Waals surface area contributed by atoms with Crippen molar-refractivity contribution in [2.75, 3.05) is 20.3 Å². The van der Waals surface area contributed by atoms with Crippen LogP contribution in [0, 0.1) is 0 Å². The number of likely N-dealkylation sites (N-methyl/N-ethyl adjacent to an activating group) is 1. The number of carbonyl (C=O) groups is 1. The Balaban J connectivity index is 1.46. The Morgan fingerprint density at radius 1 is 1.03 bits per heavy atom. The van der Waals surface area contributed by atoms with E-state index in [1.807, 2.05) is 42.5 Å². The molecule has 0 aromatic heterocycles. The third kappa shape index (κ3) is 5.61. The lowest BCUT2D eigenvalue weighted by molar-refractivity contribution is -0.121. The number of hydrogen-bond acceptors (Lipinski definition) is 5. The molecule has 0 bridgehead atoms. The molecule has 2 aromatic rings. The van der Waals surface area contributed by atoms with E-state index in [1.165, 1.54) is 22.2 Å². The van der Waals surface area contributed by atoms with Crippen molar-refractivity contribution in [3.63, 3.8) is 0 Å². The Morgan fingerprint density at radius 2 is 1.59 bits per heavy atom. The summed E-state index contributed by atoms with van der Waals surface area (Å²) in [5, 5.41) is 0. The van der Waals surface area contributed by atoms with Gasteiger partial charge in [-0.2, -0.15) is 0 Å². The maximum atomic E-state index is 12.1.